The van der Waals surface area contributed by atoms with E-state index in [4.69, 9.17) is 4.74 Å². The van der Waals surface area contributed by atoms with E-state index in [0.717, 1.165) is 18.4 Å². The van der Waals surface area contributed by atoms with Crippen molar-refractivity contribution in [2.75, 3.05) is 31.3 Å². The van der Waals surface area contributed by atoms with Crippen LogP contribution in [0.2, 0.25) is 0 Å². The normalized spacial score (nSPS) is 11.3. The van der Waals surface area contributed by atoms with Crippen molar-refractivity contribution in [3.8, 4) is 5.88 Å². The number of nitrogens with one attached hydrogen (secondary N) is 2. The molecular weight excluding hydrogens is 280 g/mol. The topological polar surface area (TPSA) is 93.2 Å². The summed E-state index contributed by atoms with van der Waals surface area (Å²) >= 11 is 0. The Kier molecular flexibility index (Phi) is 6.66. The average Bonchev–Trinajstić information content (AvgIpc) is 2.34. The van der Waals surface area contributed by atoms with Crippen LogP contribution >= 0.6 is 0 Å². The second-order valence-corrected chi connectivity index (χ2v) is 6.30. The summed E-state index contributed by atoms with van der Waals surface area (Å²) in [5, 5.41) is 3.05. The van der Waals surface area contributed by atoms with Gasteiger partial charge in [-0.25, -0.2) is 18.1 Å². The third kappa shape index (κ3) is 7.25. The summed E-state index contributed by atoms with van der Waals surface area (Å²) in [5.41, 5.74) is 0.822. The molecule has 0 aromatic carbocycles. The summed E-state index contributed by atoms with van der Waals surface area (Å²) in [5.74, 6) is 1.05. The third-order valence-corrected chi connectivity index (χ3v) is 3.01. The largest absolute Gasteiger partial charge is 0.478 e. The van der Waals surface area contributed by atoms with Gasteiger partial charge in [-0.3, -0.25) is 0 Å². The molecule has 0 atom stereocenters. The first-order valence-corrected chi connectivity index (χ1v) is 8.47. The Morgan fingerprint density at radius 3 is 2.70 bits per heavy atom. The number of sulfonamides is 1. The van der Waals surface area contributed by atoms with Crippen LogP contribution in [0, 0.1) is 6.92 Å². The molecule has 0 spiro atoms. The second kappa shape index (κ2) is 8.01. The third-order valence-electron chi connectivity index (χ3n) is 2.29. The van der Waals surface area contributed by atoms with Crippen molar-refractivity contribution < 1.29 is 13.2 Å². The minimum Gasteiger partial charge on any atom is -0.478 e. The maximum absolute atomic E-state index is 10.9. The fourth-order valence-electron chi connectivity index (χ4n) is 1.45. The van der Waals surface area contributed by atoms with Gasteiger partial charge < -0.3 is 10.1 Å². The summed E-state index contributed by atoms with van der Waals surface area (Å²) < 4.78 is 29.7. The summed E-state index contributed by atoms with van der Waals surface area (Å²) in [7, 11) is -3.12. The molecule has 8 heteroatoms. The first-order chi connectivity index (χ1) is 9.40. The minimum absolute atomic E-state index is 0.386. The maximum Gasteiger partial charge on any atom is 0.226 e. The van der Waals surface area contributed by atoms with Gasteiger partial charge in [0.2, 0.25) is 21.9 Å². The van der Waals surface area contributed by atoms with Gasteiger partial charge in [0, 0.05) is 24.8 Å². The summed E-state index contributed by atoms with van der Waals surface area (Å²) in [6.07, 6.45) is 2.71. The lowest BCUT2D eigenvalue weighted by Gasteiger charge is -2.09. The fraction of sp³-hybridized carbons (Fsp3) is 0.667. The Balaban J connectivity index is 2.41. The molecule has 1 aromatic rings. The van der Waals surface area contributed by atoms with Gasteiger partial charge in [0.15, 0.2) is 0 Å². The van der Waals surface area contributed by atoms with E-state index >= 15 is 0 Å². The molecular formula is C12H22N4O3S. The van der Waals surface area contributed by atoms with E-state index in [2.05, 4.69) is 20.0 Å². The molecule has 2 N–H and O–H groups in total. The van der Waals surface area contributed by atoms with Crippen LogP contribution in [0.5, 0.6) is 5.88 Å². The van der Waals surface area contributed by atoms with Gasteiger partial charge in [-0.05, 0) is 19.8 Å². The van der Waals surface area contributed by atoms with Crippen LogP contribution in [0.3, 0.4) is 0 Å². The lowest BCUT2D eigenvalue weighted by molar-refractivity contribution is 0.305. The van der Waals surface area contributed by atoms with Crippen molar-refractivity contribution in [2.45, 2.75) is 26.7 Å². The highest BCUT2D eigenvalue weighted by Crippen LogP contribution is 2.12. The molecule has 7 nitrogen and oxygen atoms in total. The van der Waals surface area contributed by atoms with Crippen molar-refractivity contribution in [2.24, 2.45) is 0 Å². The zero-order valence-electron chi connectivity index (χ0n) is 12.1. The minimum atomic E-state index is -3.12. The van der Waals surface area contributed by atoms with Crippen molar-refractivity contribution in [1.29, 1.82) is 0 Å². The van der Waals surface area contributed by atoms with E-state index in [-0.39, 0.29) is 0 Å². The van der Waals surface area contributed by atoms with E-state index in [9.17, 15) is 8.42 Å². The molecule has 0 aliphatic carbocycles. The lowest BCUT2D eigenvalue weighted by Crippen LogP contribution is -2.24. The Labute approximate surface area is 120 Å². The molecule has 0 unspecified atom stereocenters. The molecule has 0 saturated heterocycles. The van der Waals surface area contributed by atoms with Gasteiger partial charge in [0.05, 0.1) is 12.9 Å². The standard InChI is InChI=1S/C12H22N4O3S/c1-4-8-19-11-9-10(2)15-12(16-11)13-6-5-7-14-20(3,17)18/h9,14H,4-8H2,1-3H3,(H,13,15,16). The van der Waals surface area contributed by atoms with E-state index in [0.29, 0.717) is 37.9 Å². The number of aromatic nitrogens is 2. The van der Waals surface area contributed by atoms with Gasteiger partial charge >= 0.3 is 0 Å². The van der Waals surface area contributed by atoms with Crippen LogP contribution in [0.15, 0.2) is 6.07 Å². The Hall–Kier alpha value is -1.41. The maximum atomic E-state index is 10.9. The molecule has 1 aromatic heterocycles. The van der Waals surface area contributed by atoms with Gasteiger partial charge in [0.1, 0.15) is 0 Å². The van der Waals surface area contributed by atoms with Crippen LogP contribution in [0.4, 0.5) is 5.95 Å². The molecule has 0 saturated carbocycles. The van der Waals surface area contributed by atoms with E-state index < -0.39 is 10.0 Å². The number of hydrogen-bond donors (Lipinski definition) is 2. The van der Waals surface area contributed by atoms with Gasteiger partial charge in [-0.15, -0.1) is 0 Å². The summed E-state index contributed by atoms with van der Waals surface area (Å²) in [6, 6.07) is 1.78. The molecule has 0 aliphatic rings. The quantitative estimate of drug-likeness (QED) is 0.659. The molecule has 20 heavy (non-hydrogen) atoms. The van der Waals surface area contributed by atoms with Crippen molar-refractivity contribution in [3.05, 3.63) is 11.8 Å². The predicted octanol–water partition coefficient (Wildman–Crippen LogP) is 0.925. The van der Waals surface area contributed by atoms with Gasteiger partial charge in [0.25, 0.3) is 0 Å². The summed E-state index contributed by atoms with van der Waals surface area (Å²) in [4.78, 5) is 8.48. The van der Waals surface area contributed by atoms with Gasteiger partial charge in [-0.2, -0.15) is 4.98 Å². The first-order valence-electron chi connectivity index (χ1n) is 6.57. The number of aryl methyl sites for hydroxylation is 1. The van der Waals surface area contributed by atoms with Crippen LogP contribution in [0.25, 0.3) is 0 Å². The van der Waals surface area contributed by atoms with E-state index in [1.807, 2.05) is 13.8 Å². The molecule has 0 bridgehead atoms. The lowest BCUT2D eigenvalue weighted by atomic mass is 10.4. The summed E-state index contributed by atoms with van der Waals surface area (Å²) in [6.45, 7) is 5.49. The molecule has 0 aliphatic heterocycles. The fourth-order valence-corrected chi connectivity index (χ4v) is 1.96. The molecule has 114 valence electrons. The van der Waals surface area contributed by atoms with Crippen LogP contribution < -0.4 is 14.8 Å². The van der Waals surface area contributed by atoms with Crippen LogP contribution in [-0.4, -0.2) is 44.3 Å². The van der Waals surface area contributed by atoms with Crippen molar-refractivity contribution in [1.82, 2.24) is 14.7 Å². The molecule has 0 radical (unpaired) electrons. The van der Waals surface area contributed by atoms with Gasteiger partial charge in [-0.1, -0.05) is 6.92 Å². The number of nitrogens with zero attached hydrogens (tertiary/aromatic N) is 2. The Morgan fingerprint density at radius 1 is 1.30 bits per heavy atom. The van der Waals surface area contributed by atoms with Crippen LogP contribution in [-0.2, 0) is 10.0 Å². The zero-order chi connectivity index (χ0) is 15.0. The molecule has 0 fully saturated rings. The average molecular weight is 302 g/mol. The first kappa shape index (κ1) is 16.6. The number of ether oxygens (including phenoxy) is 1. The van der Waals surface area contributed by atoms with E-state index in [1.165, 1.54) is 0 Å². The Morgan fingerprint density at radius 2 is 2.05 bits per heavy atom. The number of rotatable bonds is 9. The molecule has 1 rings (SSSR count). The highest BCUT2D eigenvalue weighted by atomic mass is 32.2. The zero-order valence-corrected chi connectivity index (χ0v) is 13.0. The smallest absolute Gasteiger partial charge is 0.226 e. The van der Waals surface area contributed by atoms with Crippen LogP contribution in [0.1, 0.15) is 25.5 Å². The number of anilines is 1. The Bertz CT molecular complexity index is 519. The monoisotopic (exact) mass is 302 g/mol. The van der Waals surface area contributed by atoms with Crippen molar-refractivity contribution >= 4 is 16.0 Å². The number of hydrogen-bond acceptors (Lipinski definition) is 6. The highest BCUT2D eigenvalue weighted by Gasteiger charge is 2.03. The molecule has 0 amide bonds. The molecule has 1 heterocycles. The van der Waals surface area contributed by atoms with Crippen molar-refractivity contribution in [3.63, 3.8) is 0 Å². The van der Waals surface area contributed by atoms with E-state index in [1.54, 1.807) is 6.07 Å². The SMILES string of the molecule is CCCOc1cc(C)nc(NCCCNS(C)(=O)=O)n1. The second-order valence-electron chi connectivity index (χ2n) is 4.47. The highest BCUT2D eigenvalue weighted by molar-refractivity contribution is 7.88. The predicted molar refractivity (Wildman–Crippen MR) is 78.5 cm³/mol.